The number of hydrogen-bond donors (Lipinski definition) is 1. The Morgan fingerprint density at radius 2 is 1.75 bits per heavy atom. The van der Waals surface area contributed by atoms with Crippen LogP contribution in [-0.4, -0.2) is 19.2 Å². The lowest BCUT2D eigenvalue weighted by Crippen LogP contribution is -2.40. The highest BCUT2D eigenvalue weighted by Crippen LogP contribution is 2.26. The summed E-state index contributed by atoms with van der Waals surface area (Å²) < 4.78 is 6.28. The second-order valence-electron chi connectivity index (χ2n) is 5.70. The molecule has 0 saturated heterocycles. The highest BCUT2D eigenvalue weighted by molar-refractivity contribution is 5.83. The maximum absolute atomic E-state index is 6.28. The van der Waals surface area contributed by atoms with Crippen LogP contribution in [0, 0.1) is 0 Å². The van der Waals surface area contributed by atoms with E-state index in [1.165, 1.54) is 36.5 Å². The predicted molar refractivity (Wildman–Crippen MR) is 84.3 cm³/mol. The van der Waals surface area contributed by atoms with Crippen LogP contribution in [0.2, 0.25) is 0 Å². The second-order valence-corrected chi connectivity index (χ2v) is 5.70. The van der Waals surface area contributed by atoms with Crippen LogP contribution in [0.15, 0.2) is 42.5 Å². The molecular formula is C18H23NO. The van der Waals surface area contributed by atoms with Crippen molar-refractivity contribution in [3.63, 3.8) is 0 Å². The Balaban J connectivity index is 1.80. The van der Waals surface area contributed by atoms with Crippen molar-refractivity contribution in [2.24, 2.45) is 0 Å². The number of fused-ring (bicyclic) bond motifs is 1. The average Bonchev–Trinajstić information content (AvgIpc) is 2.72. The first-order valence-corrected chi connectivity index (χ1v) is 7.69. The van der Waals surface area contributed by atoms with Crippen LogP contribution >= 0.6 is 0 Å². The quantitative estimate of drug-likeness (QED) is 0.846. The Morgan fingerprint density at radius 3 is 2.60 bits per heavy atom. The molecule has 1 aliphatic carbocycles. The molecule has 2 atom stereocenters. The second kappa shape index (κ2) is 6.27. The highest BCUT2D eigenvalue weighted by atomic mass is 16.5. The maximum atomic E-state index is 6.28. The molecule has 2 heteroatoms. The zero-order valence-corrected chi connectivity index (χ0v) is 12.1. The Labute approximate surface area is 121 Å². The van der Waals surface area contributed by atoms with Crippen LogP contribution in [0.1, 0.15) is 32.1 Å². The van der Waals surface area contributed by atoms with Gasteiger partial charge < -0.3 is 10.1 Å². The molecule has 0 spiro atoms. The first-order chi connectivity index (χ1) is 9.86. The van der Waals surface area contributed by atoms with Gasteiger partial charge in [0.25, 0.3) is 0 Å². The van der Waals surface area contributed by atoms with Crippen LogP contribution < -0.4 is 10.1 Å². The van der Waals surface area contributed by atoms with E-state index in [1.807, 2.05) is 7.05 Å². The normalized spacial score (nSPS) is 23.4. The first-order valence-electron chi connectivity index (χ1n) is 7.69. The molecule has 2 unspecified atom stereocenters. The molecule has 0 heterocycles. The van der Waals surface area contributed by atoms with Crippen molar-refractivity contribution in [3.8, 4) is 5.75 Å². The lowest BCUT2D eigenvalue weighted by Gasteiger charge is -2.26. The molecule has 0 amide bonds. The van der Waals surface area contributed by atoms with Crippen molar-refractivity contribution in [1.29, 1.82) is 0 Å². The molecule has 20 heavy (non-hydrogen) atoms. The standard InChI is InChI=1S/C18H23NO/c1-19-17-9-3-2-4-10-18(17)20-16-12-11-14-7-5-6-8-15(14)13-16/h5-8,11-13,17-19H,2-4,9-10H2,1H3. The first kappa shape index (κ1) is 13.4. The van der Waals surface area contributed by atoms with Crippen LogP contribution in [0.4, 0.5) is 0 Å². The molecule has 1 aliphatic rings. The van der Waals surface area contributed by atoms with Crippen molar-refractivity contribution in [2.45, 2.75) is 44.2 Å². The molecule has 0 bridgehead atoms. The number of rotatable bonds is 3. The van der Waals surface area contributed by atoms with E-state index in [1.54, 1.807) is 0 Å². The minimum atomic E-state index is 0.295. The molecule has 2 aromatic rings. The zero-order valence-electron chi connectivity index (χ0n) is 12.1. The third-order valence-corrected chi connectivity index (χ3v) is 4.33. The van der Waals surface area contributed by atoms with E-state index in [0.717, 1.165) is 12.2 Å². The highest BCUT2D eigenvalue weighted by Gasteiger charge is 2.23. The van der Waals surface area contributed by atoms with E-state index < -0.39 is 0 Å². The van der Waals surface area contributed by atoms with Gasteiger partial charge in [0, 0.05) is 6.04 Å². The Hall–Kier alpha value is -1.54. The number of hydrogen-bond acceptors (Lipinski definition) is 2. The molecule has 2 aromatic carbocycles. The predicted octanol–water partition coefficient (Wildman–Crippen LogP) is 4.14. The summed E-state index contributed by atoms with van der Waals surface area (Å²) >= 11 is 0. The summed E-state index contributed by atoms with van der Waals surface area (Å²) in [5, 5.41) is 5.95. The smallest absolute Gasteiger partial charge is 0.120 e. The van der Waals surface area contributed by atoms with Crippen LogP contribution in [0.3, 0.4) is 0 Å². The SMILES string of the molecule is CNC1CCCCCC1Oc1ccc2ccccc2c1. The molecule has 106 valence electrons. The lowest BCUT2D eigenvalue weighted by molar-refractivity contribution is 0.149. The summed E-state index contributed by atoms with van der Waals surface area (Å²) in [6.07, 6.45) is 6.58. The van der Waals surface area contributed by atoms with Crippen molar-refractivity contribution >= 4 is 10.8 Å². The van der Waals surface area contributed by atoms with E-state index in [2.05, 4.69) is 47.8 Å². The summed E-state index contributed by atoms with van der Waals surface area (Å²) in [4.78, 5) is 0. The summed E-state index contributed by atoms with van der Waals surface area (Å²) in [7, 11) is 2.05. The minimum absolute atomic E-state index is 0.295. The van der Waals surface area contributed by atoms with Gasteiger partial charge in [-0.15, -0.1) is 0 Å². The molecule has 0 radical (unpaired) electrons. The fourth-order valence-electron chi connectivity index (χ4n) is 3.16. The largest absolute Gasteiger partial charge is 0.489 e. The van der Waals surface area contributed by atoms with Crippen LogP contribution in [0.25, 0.3) is 10.8 Å². The van der Waals surface area contributed by atoms with E-state index in [4.69, 9.17) is 4.74 Å². The third kappa shape index (κ3) is 2.96. The van der Waals surface area contributed by atoms with Gasteiger partial charge in [0.05, 0.1) is 0 Å². The van der Waals surface area contributed by atoms with Gasteiger partial charge in [-0.25, -0.2) is 0 Å². The fourth-order valence-corrected chi connectivity index (χ4v) is 3.16. The van der Waals surface area contributed by atoms with Crippen molar-refractivity contribution in [3.05, 3.63) is 42.5 Å². The molecule has 1 fully saturated rings. The number of ether oxygens (including phenoxy) is 1. The monoisotopic (exact) mass is 269 g/mol. The van der Waals surface area contributed by atoms with Gasteiger partial charge >= 0.3 is 0 Å². The van der Waals surface area contributed by atoms with E-state index in [9.17, 15) is 0 Å². The zero-order chi connectivity index (χ0) is 13.8. The van der Waals surface area contributed by atoms with Crippen molar-refractivity contribution in [2.75, 3.05) is 7.05 Å². The lowest BCUT2D eigenvalue weighted by atomic mass is 10.1. The van der Waals surface area contributed by atoms with Crippen LogP contribution in [-0.2, 0) is 0 Å². The molecule has 3 rings (SSSR count). The number of likely N-dealkylation sites (N-methyl/N-ethyl adjacent to an activating group) is 1. The van der Waals surface area contributed by atoms with Crippen molar-refractivity contribution < 1.29 is 4.74 Å². The maximum Gasteiger partial charge on any atom is 0.120 e. The van der Waals surface area contributed by atoms with Gasteiger partial charge in [0.15, 0.2) is 0 Å². The van der Waals surface area contributed by atoms with Gasteiger partial charge in [0.1, 0.15) is 11.9 Å². The Kier molecular flexibility index (Phi) is 4.22. The van der Waals surface area contributed by atoms with Crippen LogP contribution in [0.5, 0.6) is 5.75 Å². The van der Waals surface area contributed by atoms with E-state index in [0.29, 0.717) is 12.1 Å². The van der Waals surface area contributed by atoms with Gasteiger partial charge in [-0.05, 0) is 49.2 Å². The van der Waals surface area contributed by atoms with Crippen molar-refractivity contribution in [1.82, 2.24) is 5.32 Å². The van der Waals surface area contributed by atoms with Gasteiger partial charge in [-0.2, -0.15) is 0 Å². The number of benzene rings is 2. The van der Waals surface area contributed by atoms with E-state index in [-0.39, 0.29) is 0 Å². The van der Waals surface area contributed by atoms with Gasteiger partial charge in [-0.3, -0.25) is 0 Å². The topological polar surface area (TPSA) is 21.3 Å². The Bertz CT molecular complexity index is 566. The summed E-state index contributed by atoms with van der Waals surface area (Å²) in [6.45, 7) is 0. The molecule has 0 aromatic heterocycles. The third-order valence-electron chi connectivity index (χ3n) is 4.33. The Morgan fingerprint density at radius 1 is 0.950 bits per heavy atom. The van der Waals surface area contributed by atoms with E-state index >= 15 is 0 Å². The summed E-state index contributed by atoms with van der Waals surface area (Å²) in [5.74, 6) is 0.996. The molecule has 0 aliphatic heterocycles. The van der Waals surface area contributed by atoms with Gasteiger partial charge in [0.2, 0.25) is 0 Å². The molecular weight excluding hydrogens is 246 g/mol. The molecule has 1 saturated carbocycles. The average molecular weight is 269 g/mol. The number of nitrogens with one attached hydrogen (secondary N) is 1. The fraction of sp³-hybridized carbons (Fsp3) is 0.444. The minimum Gasteiger partial charge on any atom is -0.489 e. The molecule has 1 N–H and O–H groups in total. The van der Waals surface area contributed by atoms with Gasteiger partial charge in [-0.1, -0.05) is 43.2 Å². The summed E-state index contributed by atoms with van der Waals surface area (Å²) in [5.41, 5.74) is 0. The molecule has 2 nitrogen and oxygen atoms in total. The summed E-state index contributed by atoms with van der Waals surface area (Å²) in [6, 6.07) is 15.3.